The molecule has 0 spiro atoms. The monoisotopic (exact) mass is 285 g/mol. The molecule has 0 aliphatic rings. The molecule has 2 aromatic rings. The van der Waals surface area contributed by atoms with E-state index in [-0.39, 0.29) is 18.4 Å². The van der Waals surface area contributed by atoms with Crippen molar-refractivity contribution < 1.29 is 14.3 Å². The molecule has 0 aromatic heterocycles. The lowest BCUT2D eigenvalue weighted by molar-refractivity contribution is -0.140. The van der Waals surface area contributed by atoms with E-state index in [2.05, 4.69) is 5.32 Å². The lowest BCUT2D eigenvalue weighted by Gasteiger charge is -2.19. The Morgan fingerprint density at radius 3 is 2.29 bits per heavy atom. The van der Waals surface area contributed by atoms with Crippen molar-refractivity contribution in [1.82, 2.24) is 0 Å². The normalized spacial score (nSPS) is 11.5. The van der Waals surface area contributed by atoms with E-state index in [1.54, 1.807) is 7.11 Å². The van der Waals surface area contributed by atoms with Crippen molar-refractivity contribution in [2.45, 2.75) is 12.5 Å². The first kappa shape index (κ1) is 14.9. The second kappa shape index (κ2) is 7.33. The van der Waals surface area contributed by atoms with Crippen molar-refractivity contribution in [3.63, 3.8) is 0 Å². The summed E-state index contributed by atoms with van der Waals surface area (Å²) < 4.78 is 9.94. The number of benzene rings is 2. The van der Waals surface area contributed by atoms with Gasteiger partial charge in [0.2, 0.25) is 0 Å². The quantitative estimate of drug-likeness (QED) is 0.826. The molecule has 0 fully saturated rings. The number of hydrogen-bond donors (Lipinski definition) is 1. The number of carbonyl (C=O) groups is 1. The zero-order valence-corrected chi connectivity index (χ0v) is 12.2. The number of esters is 1. The van der Waals surface area contributed by atoms with E-state index >= 15 is 0 Å². The summed E-state index contributed by atoms with van der Waals surface area (Å²) >= 11 is 0. The molecule has 0 saturated heterocycles. The number of methoxy groups -OCH3 is 2. The van der Waals surface area contributed by atoms with Crippen LogP contribution in [0.25, 0.3) is 0 Å². The molecule has 1 atom stereocenters. The van der Waals surface area contributed by atoms with Gasteiger partial charge in [0, 0.05) is 5.69 Å². The SMILES string of the molecule is COC(=O)CC(Nc1ccccc1)c1ccc(OC)cc1. The predicted molar refractivity (Wildman–Crippen MR) is 82.4 cm³/mol. The van der Waals surface area contributed by atoms with Gasteiger partial charge in [0.15, 0.2) is 0 Å². The summed E-state index contributed by atoms with van der Waals surface area (Å²) in [4.78, 5) is 11.6. The highest BCUT2D eigenvalue weighted by atomic mass is 16.5. The number of nitrogens with one attached hydrogen (secondary N) is 1. The van der Waals surface area contributed by atoms with E-state index in [1.165, 1.54) is 7.11 Å². The minimum absolute atomic E-state index is 0.147. The molecule has 0 saturated carbocycles. The fourth-order valence-electron chi connectivity index (χ4n) is 2.07. The molecule has 21 heavy (non-hydrogen) atoms. The van der Waals surface area contributed by atoms with Gasteiger partial charge < -0.3 is 14.8 Å². The zero-order valence-electron chi connectivity index (χ0n) is 12.2. The number of anilines is 1. The van der Waals surface area contributed by atoms with E-state index in [9.17, 15) is 4.79 Å². The van der Waals surface area contributed by atoms with Crippen LogP contribution in [0.5, 0.6) is 5.75 Å². The number of carbonyl (C=O) groups excluding carboxylic acids is 1. The third kappa shape index (κ3) is 4.24. The van der Waals surface area contributed by atoms with E-state index in [0.717, 1.165) is 17.0 Å². The van der Waals surface area contributed by atoms with Crippen LogP contribution in [0.2, 0.25) is 0 Å². The Kier molecular flexibility index (Phi) is 5.21. The Labute approximate surface area is 124 Å². The first-order valence-electron chi connectivity index (χ1n) is 6.75. The Morgan fingerprint density at radius 2 is 1.71 bits per heavy atom. The van der Waals surface area contributed by atoms with Gasteiger partial charge in [0.05, 0.1) is 26.7 Å². The van der Waals surface area contributed by atoms with E-state index in [4.69, 9.17) is 9.47 Å². The Morgan fingerprint density at radius 1 is 1.05 bits per heavy atom. The van der Waals surface area contributed by atoms with Crippen molar-refractivity contribution in [2.75, 3.05) is 19.5 Å². The summed E-state index contributed by atoms with van der Waals surface area (Å²) in [7, 11) is 3.03. The average Bonchev–Trinajstić information content (AvgIpc) is 2.55. The molecule has 110 valence electrons. The fourth-order valence-corrected chi connectivity index (χ4v) is 2.07. The van der Waals surface area contributed by atoms with Gasteiger partial charge in [-0.05, 0) is 29.8 Å². The van der Waals surface area contributed by atoms with Crippen molar-refractivity contribution in [1.29, 1.82) is 0 Å². The van der Waals surface area contributed by atoms with Crippen LogP contribution in [0, 0.1) is 0 Å². The number of hydrogen-bond acceptors (Lipinski definition) is 4. The highest BCUT2D eigenvalue weighted by Crippen LogP contribution is 2.25. The van der Waals surface area contributed by atoms with Crippen LogP contribution in [-0.2, 0) is 9.53 Å². The summed E-state index contributed by atoms with van der Waals surface area (Å²) in [5.74, 6) is 0.537. The molecule has 0 bridgehead atoms. The van der Waals surface area contributed by atoms with Gasteiger partial charge in [-0.15, -0.1) is 0 Å². The summed E-state index contributed by atoms with van der Waals surface area (Å²) in [6, 6.07) is 17.3. The summed E-state index contributed by atoms with van der Waals surface area (Å²) in [6.45, 7) is 0. The minimum atomic E-state index is -0.251. The first-order chi connectivity index (χ1) is 10.2. The molecule has 1 N–H and O–H groups in total. The molecule has 0 heterocycles. The van der Waals surface area contributed by atoms with E-state index in [1.807, 2.05) is 54.6 Å². The van der Waals surface area contributed by atoms with Crippen LogP contribution in [-0.4, -0.2) is 20.2 Å². The number of rotatable bonds is 6. The maximum absolute atomic E-state index is 11.6. The lowest BCUT2D eigenvalue weighted by atomic mass is 10.0. The maximum Gasteiger partial charge on any atom is 0.307 e. The smallest absolute Gasteiger partial charge is 0.307 e. The molecule has 0 aliphatic carbocycles. The Hall–Kier alpha value is -2.49. The summed E-state index contributed by atoms with van der Waals surface area (Å²) in [6.07, 6.45) is 0.262. The largest absolute Gasteiger partial charge is 0.497 e. The molecular weight excluding hydrogens is 266 g/mol. The summed E-state index contributed by atoms with van der Waals surface area (Å²) in [5.41, 5.74) is 1.97. The third-order valence-corrected chi connectivity index (χ3v) is 3.23. The number of ether oxygens (including phenoxy) is 2. The Bertz CT molecular complexity index is 566. The van der Waals surface area contributed by atoms with Crippen molar-refractivity contribution in [3.8, 4) is 5.75 Å². The van der Waals surface area contributed by atoms with Crippen LogP contribution in [0.4, 0.5) is 5.69 Å². The number of para-hydroxylation sites is 1. The zero-order chi connectivity index (χ0) is 15.1. The molecule has 0 amide bonds. The molecular formula is C17H19NO3. The van der Waals surface area contributed by atoms with Crippen LogP contribution in [0.15, 0.2) is 54.6 Å². The topological polar surface area (TPSA) is 47.6 Å². The standard InChI is InChI=1S/C17H19NO3/c1-20-15-10-8-13(9-11-15)16(12-17(19)21-2)18-14-6-4-3-5-7-14/h3-11,16,18H,12H2,1-2H3. The van der Waals surface area contributed by atoms with Gasteiger partial charge in [-0.3, -0.25) is 4.79 Å². The van der Waals surface area contributed by atoms with Gasteiger partial charge in [0.25, 0.3) is 0 Å². The maximum atomic E-state index is 11.6. The Balaban J connectivity index is 2.19. The second-order valence-electron chi connectivity index (χ2n) is 4.62. The van der Waals surface area contributed by atoms with Crippen LogP contribution in [0.1, 0.15) is 18.0 Å². The lowest BCUT2D eigenvalue weighted by Crippen LogP contribution is -2.16. The van der Waals surface area contributed by atoms with Gasteiger partial charge in [-0.1, -0.05) is 30.3 Å². The molecule has 0 radical (unpaired) electrons. The highest BCUT2D eigenvalue weighted by Gasteiger charge is 2.16. The highest BCUT2D eigenvalue weighted by molar-refractivity contribution is 5.71. The van der Waals surface area contributed by atoms with Crippen LogP contribution >= 0.6 is 0 Å². The van der Waals surface area contributed by atoms with Gasteiger partial charge >= 0.3 is 5.97 Å². The molecule has 2 rings (SSSR count). The average molecular weight is 285 g/mol. The van der Waals surface area contributed by atoms with Crippen molar-refractivity contribution >= 4 is 11.7 Å². The minimum Gasteiger partial charge on any atom is -0.497 e. The fraction of sp³-hybridized carbons (Fsp3) is 0.235. The molecule has 4 nitrogen and oxygen atoms in total. The van der Waals surface area contributed by atoms with E-state index in [0.29, 0.717) is 0 Å². The molecule has 0 aliphatic heterocycles. The van der Waals surface area contributed by atoms with E-state index < -0.39 is 0 Å². The van der Waals surface area contributed by atoms with Gasteiger partial charge in [-0.2, -0.15) is 0 Å². The predicted octanol–water partition coefficient (Wildman–Crippen LogP) is 3.41. The van der Waals surface area contributed by atoms with Crippen LogP contribution < -0.4 is 10.1 Å². The molecule has 4 heteroatoms. The van der Waals surface area contributed by atoms with Crippen LogP contribution in [0.3, 0.4) is 0 Å². The molecule has 1 unspecified atom stereocenters. The van der Waals surface area contributed by atoms with Gasteiger partial charge in [-0.25, -0.2) is 0 Å². The van der Waals surface area contributed by atoms with Crippen molar-refractivity contribution in [2.24, 2.45) is 0 Å². The summed E-state index contributed by atoms with van der Waals surface area (Å²) in [5, 5.41) is 3.36. The van der Waals surface area contributed by atoms with Gasteiger partial charge in [0.1, 0.15) is 5.75 Å². The molecule has 2 aromatic carbocycles. The van der Waals surface area contributed by atoms with Crippen molar-refractivity contribution in [3.05, 3.63) is 60.2 Å². The second-order valence-corrected chi connectivity index (χ2v) is 4.62. The first-order valence-corrected chi connectivity index (χ1v) is 6.75. The third-order valence-electron chi connectivity index (χ3n) is 3.23.